The minimum atomic E-state index is -0.260. The van der Waals surface area contributed by atoms with Gasteiger partial charge in [-0.1, -0.05) is 29.8 Å². The van der Waals surface area contributed by atoms with Crippen LogP contribution >= 0.6 is 11.6 Å². The molecule has 0 aliphatic carbocycles. The highest BCUT2D eigenvalue weighted by Crippen LogP contribution is 2.11. The Kier molecular flexibility index (Phi) is 4.53. The van der Waals surface area contributed by atoms with Gasteiger partial charge in [-0.2, -0.15) is 5.10 Å². The average molecular weight is 287 g/mol. The lowest BCUT2D eigenvalue weighted by Gasteiger charge is -2.04. The summed E-state index contributed by atoms with van der Waals surface area (Å²) in [5.74, 6) is -0.260. The predicted octanol–water partition coefficient (Wildman–Crippen LogP) is 3.72. The quantitative estimate of drug-likeness (QED) is 0.678. The van der Waals surface area contributed by atoms with E-state index >= 15 is 0 Å². The van der Waals surface area contributed by atoms with E-state index in [2.05, 4.69) is 10.5 Å². The van der Waals surface area contributed by atoms with Crippen molar-refractivity contribution < 1.29 is 4.79 Å². The summed E-state index contributed by atoms with van der Waals surface area (Å²) in [7, 11) is 0. The van der Waals surface area contributed by atoms with Crippen molar-refractivity contribution in [3.05, 3.63) is 69.7 Å². The zero-order chi connectivity index (χ0) is 14.5. The molecular weight excluding hydrogens is 272 g/mol. The molecule has 3 nitrogen and oxygen atoms in total. The molecule has 0 bridgehead atoms. The molecule has 4 heteroatoms. The Balaban J connectivity index is 2.06. The fourth-order valence-electron chi connectivity index (χ4n) is 1.85. The van der Waals surface area contributed by atoms with E-state index in [1.165, 1.54) is 0 Å². The van der Waals surface area contributed by atoms with Crippen molar-refractivity contribution in [1.82, 2.24) is 5.43 Å². The molecule has 0 spiro atoms. The molecule has 1 amide bonds. The summed E-state index contributed by atoms with van der Waals surface area (Å²) in [6, 6.07) is 12.7. The molecule has 2 aromatic rings. The van der Waals surface area contributed by atoms with Gasteiger partial charge in [-0.25, -0.2) is 5.43 Å². The molecule has 0 aliphatic heterocycles. The van der Waals surface area contributed by atoms with Gasteiger partial charge in [0, 0.05) is 16.1 Å². The zero-order valence-electron chi connectivity index (χ0n) is 11.4. The second kappa shape index (κ2) is 6.35. The Bertz CT molecular complexity index is 628. The Labute approximate surface area is 123 Å². The molecule has 102 valence electrons. The van der Waals surface area contributed by atoms with Crippen LogP contribution in [0.1, 0.15) is 27.0 Å². The third kappa shape index (κ3) is 3.45. The Hall–Kier alpha value is -2.13. The molecule has 0 aliphatic rings. The van der Waals surface area contributed by atoms with Gasteiger partial charge < -0.3 is 0 Å². The lowest BCUT2D eigenvalue weighted by Crippen LogP contribution is -2.17. The second-order valence-electron chi connectivity index (χ2n) is 4.51. The van der Waals surface area contributed by atoms with E-state index in [4.69, 9.17) is 11.6 Å². The molecule has 2 rings (SSSR count). The predicted molar refractivity (Wildman–Crippen MR) is 82.4 cm³/mol. The minimum Gasteiger partial charge on any atom is -0.267 e. The van der Waals surface area contributed by atoms with Gasteiger partial charge >= 0.3 is 0 Å². The number of nitrogens with zero attached hydrogens (tertiary/aromatic N) is 1. The topological polar surface area (TPSA) is 41.5 Å². The fourth-order valence-corrected chi connectivity index (χ4v) is 1.98. The van der Waals surface area contributed by atoms with Crippen molar-refractivity contribution in [3.63, 3.8) is 0 Å². The van der Waals surface area contributed by atoms with Gasteiger partial charge in [-0.05, 0) is 49.2 Å². The van der Waals surface area contributed by atoms with E-state index in [0.29, 0.717) is 10.6 Å². The number of hydrogen-bond donors (Lipinski definition) is 1. The van der Waals surface area contributed by atoms with Crippen LogP contribution < -0.4 is 5.43 Å². The molecule has 2 aromatic carbocycles. The van der Waals surface area contributed by atoms with Crippen LogP contribution in [0.5, 0.6) is 0 Å². The Morgan fingerprint density at radius 3 is 2.30 bits per heavy atom. The van der Waals surface area contributed by atoms with E-state index < -0.39 is 0 Å². The summed E-state index contributed by atoms with van der Waals surface area (Å²) in [6.07, 6.45) is 1.67. The van der Waals surface area contributed by atoms with Gasteiger partial charge in [-0.3, -0.25) is 4.79 Å². The van der Waals surface area contributed by atoms with Crippen molar-refractivity contribution in [2.45, 2.75) is 13.8 Å². The maximum absolute atomic E-state index is 11.8. The van der Waals surface area contributed by atoms with Gasteiger partial charge in [0.15, 0.2) is 0 Å². The smallest absolute Gasteiger partial charge is 0.267 e. The molecule has 0 heterocycles. The molecular formula is C16H15ClN2O. The normalized spacial score (nSPS) is 10.8. The first-order chi connectivity index (χ1) is 9.58. The molecule has 0 atom stereocenters. The van der Waals surface area contributed by atoms with Crippen LogP contribution in [0.25, 0.3) is 0 Å². The SMILES string of the molecule is Cc1cccc(C)c1/C=N\NC(=O)c1ccc(Cl)cc1. The van der Waals surface area contributed by atoms with Crippen molar-refractivity contribution in [3.8, 4) is 0 Å². The van der Waals surface area contributed by atoms with Gasteiger partial charge in [0.2, 0.25) is 0 Å². The van der Waals surface area contributed by atoms with Crippen LogP contribution in [-0.2, 0) is 0 Å². The van der Waals surface area contributed by atoms with Gasteiger partial charge in [0.1, 0.15) is 0 Å². The van der Waals surface area contributed by atoms with Crippen LogP contribution in [0.15, 0.2) is 47.6 Å². The zero-order valence-corrected chi connectivity index (χ0v) is 12.1. The average Bonchev–Trinajstić information content (AvgIpc) is 2.42. The molecule has 20 heavy (non-hydrogen) atoms. The number of halogens is 1. The molecule has 0 radical (unpaired) electrons. The number of carbonyl (C=O) groups excluding carboxylic acids is 1. The first-order valence-electron chi connectivity index (χ1n) is 6.23. The molecule has 0 aromatic heterocycles. The number of hydrazone groups is 1. The number of hydrogen-bond acceptors (Lipinski definition) is 2. The van der Waals surface area contributed by atoms with E-state index in [-0.39, 0.29) is 5.91 Å². The number of nitrogens with one attached hydrogen (secondary N) is 1. The molecule has 0 fully saturated rings. The number of aryl methyl sites for hydroxylation is 2. The minimum absolute atomic E-state index is 0.260. The molecule has 1 N–H and O–H groups in total. The van der Waals surface area contributed by atoms with E-state index in [0.717, 1.165) is 16.7 Å². The lowest BCUT2D eigenvalue weighted by molar-refractivity contribution is 0.0955. The Morgan fingerprint density at radius 1 is 1.10 bits per heavy atom. The highest BCUT2D eigenvalue weighted by Gasteiger charge is 2.03. The maximum Gasteiger partial charge on any atom is 0.271 e. The molecule has 0 saturated carbocycles. The summed E-state index contributed by atoms with van der Waals surface area (Å²) < 4.78 is 0. The third-order valence-electron chi connectivity index (χ3n) is 3.01. The van der Waals surface area contributed by atoms with E-state index in [1.54, 1.807) is 30.5 Å². The highest BCUT2D eigenvalue weighted by molar-refractivity contribution is 6.30. The third-order valence-corrected chi connectivity index (χ3v) is 3.26. The monoisotopic (exact) mass is 286 g/mol. The van der Waals surface area contributed by atoms with Crippen molar-refractivity contribution >= 4 is 23.7 Å². The number of carbonyl (C=O) groups is 1. The van der Waals surface area contributed by atoms with Crippen LogP contribution in [0.4, 0.5) is 0 Å². The first-order valence-corrected chi connectivity index (χ1v) is 6.61. The van der Waals surface area contributed by atoms with Gasteiger partial charge in [-0.15, -0.1) is 0 Å². The van der Waals surface area contributed by atoms with Crippen LogP contribution in [0, 0.1) is 13.8 Å². The summed E-state index contributed by atoms with van der Waals surface area (Å²) in [6.45, 7) is 4.02. The highest BCUT2D eigenvalue weighted by atomic mass is 35.5. The number of rotatable bonds is 3. The van der Waals surface area contributed by atoms with Crippen LogP contribution in [0.2, 0.25) is 5.02 Å². The summed E-state index contributed by atoms with van der Waals surface area (Å²) >= 11 is 5.77. The fraction of sp³-hybridized carbons (Fsp3) is 0.125. The van der Waals surface area contributed by atoms with Crippen LogP contribution in [-0.4, -0.2) is 12.1 Å². The van der Waals surface area contributed by atoms with Gasteiger partial charge in [0.25, 0.3) is 5.91 Å². The Morgan fingerprint density at radius 2 is 1.70 bits per heavy atom. The molecule has 0 unspecified atom stereocenters. The number of benzene rings is 2. The van der Waals surface area contributed by atoms with Crippen molar-refractivity contribution in [2.75, 3.05) is 0 Å². The van der Waals surface area contributed by atoms with E-state index in [1.807, 2.05) is 32.0 Å². The largest absolute Gasteiger partial charge is 0.271 e. The first kappa shape index (κ1) is 14.3. The summed E-state index contributed by atoms with van der Waals surface area (Å²) in [4.78, 5) is 11.8. The lowest BCUT2D eigenvalue weighted by atomic mass is 10.0. The van der Waals surface area contributed by atoms with Crippen LogP contribution in [0.3, 0.4) is 0 Å². The van der Waals surface area contributed by atoms with Crippen molar-refractivity contribution in [1.29, 1.82) is 0 Å². The summed E-state index contributed by atoms with van der Waals surface area (Å²) in [5, 5.41) is 4.60. The number of amides is 1. The molecule has 0 saturated heterocycles. The van der Waals surface area contributed by atoms with Crippen molar-refractivity contribution in [2.24, 2.45) is 5.10 Å². The van der Waals surface area contributed by atoms with Gasteiger partial charge in [0.05, 0.1) is 6.21 Å². The van der Waals surface area contributed by atoms with E-state index in [9.17, 15) is 4.79 Å². The standard InChI is InChI=1S/C16H15ClN2O/c1-11-4-3-5-12(2)15(11)10-18-19-16(20)13-6-8-14(17)9-7-13/h3-10H,1-2H3,(H,19,20)/b18-10-. The maximum atomic E-state index is 11.8. The summed E-state index contributed by atoms with van der Waals surface area (Å²) in [5.41, 5.74) is 6.29. The second-order valence-corrected chi connectivity index (χ2v) is 4.95.